The van der Waals surface area contributed by atoms with Crippen molar-refractivity contribution < 1.29 is 25.8 Å². The molecule has 0 N–H and O–H groups in total. The molecular formula is C49H36N5OPt-3. The van der Waals surface area contributed by atoms with Crippen LogP contribution in [-0.4, -0.2) is 26.1 Å². The van der Waals surface area contributed by atoms with E-state index in [9.17, 15) is 0 Å². The third-order valence-electron chi connectivity index (χ3n) is 11.1. The minimum absolute atomic E-state index is 0. The van der Waals surface area contributed by atoms with Crippen LogP contribution >= 0.6 is 0 Å². The molecule has 0 aliphatic carbocycles. The first-order valence-corrected chi connectivity index (χ1v) is 18.7. The van der Waals surface area contributed by atoms with Crippen molar-refractivity contribution in [1.82, 2.24) is 19.0 Å². The number of para-hydroxylation sites is 2. The predicted octanol–water partition coefficient (Wildman–Crippen LogP) is 12.0. The molecular weight excluding hydrogens is 870 g/mol. The Balaban J connectivity index is 0.00000384. The zero-order valence-corrected chi connectivity index (χ0v) is 33.6. The van der Waals surface area contributed by atoms with E-state index in [1.54, 1.807) is 0 Å². The number of aromatic nitrogens is 3. The Kier molecular flexibility index (Phi) is 7.81. The fraction of sp³-hybridized carbons (Fsp3) is 0.102. The molecule has 0 amide bonds. The molecule has 5 heterocycles. The Morgan fingerprint density at radius 1 is 0.661 bits per heavy atom. The molecule has 0 fully saturated rings. The summed E-state index contributed by atoms with van der Waals surface area (Å²) in [6.07, 6.45) is 5.93. The van der Waals surface area contributed by atoms with Crippen molar-refractivity contribution in [3.05, 3.63) is 164 Å². The number of ether oxygens (including phenoxy) is 1. The Morgan fingerprint density at radius 2 is 1.43 bits per heavy atom. The number of fused-ring (bicyclic) bond motifs is 12. The molecule has 0 radical (unpaired) electrons. The summed E-state index contributed by atoms with van der Waals surface area (Å²) in [6.45, 7) is 8.73. The van der Waals surface area contributed by atoms with Gasteiger partial charge < -0.3 is 23.7 Å². The second-order valence-electron chi connectivity index (χ2n) is 15.5. The molecule has 0 atom stereocenters. The van der Waals surface area contributed by atoms with Crippen molar-refractivity contribution in [2.24, 2.45) is 0 Å². The fourth-order valence-corrected chi connectivity index (χ4v) is 8.55. The molecule has 0 spiro atoms. The first-order valence-electron chi connectivity index (χ1n) is 18.7. The Labute approximate surface area is 340 Å². The maximum Gasteiger partial charge on any atom is 0.135 e. The second-order valence-corrected chi connectivity index (χ2v) is 15.5. The molecule has 56 heavy (non-hydrogen) atoms. The van der Waals surface area contributed by atoms with Crippen LogP contribution in [0.4, 0.5) is 5.69 Å². The molecule has 6 aromatic carbocycles. The standard InChI is InChI=1S/C49H36N5O.Pt/c1-49(2,3)31-23-24-50-45(27-31)53-42-21-22-43-46(37-15-6-5-13-35(37)38-16-10-17-39-36-14-7-8-18-41(36)54(43)48(38)39)47(42)40-20-19-34(29-44(40)53)55-33-12-9-11-32(28-33)52-26-25-51(4)30-52;/h5-27,30H,1-4H3;/q-3;. The monoisotopic (exact) mass is 905 g/mol. The van der Waals surface area contributed by atoms with Gasteiger partial charge in [0.15, 0.2) is 0 Å². The second kappa shape index (κ2) is 12.7. The van der Waals surface area contributed by atoms with Crippen molar-refractivity contribution in [3.63, 3.8) is 0 Å². The third-order valence-corrected chi connectivity index (χ3v) is 11.1. The van der Waals surface area contributed by atoms with Crippen LogP contribution in [0.2, 0.25) is 0 Å². The van der Waals surface area contributed by atoms with Crippen molar-refractivity contribution in [2.45, 2.75) is 26.2 Å². The Hall–Kier alpha value is -6.10. The van der Waals surface area contributed by atoms with Crippen molar-refractivity contribution in [3.8, 4) is 45.3 Å². The summed E-state index contributed by atoms with van der Waals surface area (Å²) in [6, 6.07) is 50.6. The molecule has 0 bridgehead atoms. The molecule has 11 rings (SSSR count). The van der Waals surface area contributed by atoms with Gasteiger partial charge >= 0.3 is 0 Å². The van der Waals surface area contributed by atoms with E-state index < -0.39 is 0 Å². The number of nitrogens with zero attached hydrogens (tertiary/aromatic N) is 5. The normalized spacial score (nSPS) is 13.4. The van der Waals surface area contributed by atoms with Crippen LogP contribution in [0, 0.1) is 18.8 Å². The summed E-state index contributed by atoms with van der Waals surface area (Å²) < 4.78 is 11.3. The average Bonchev–Trinajstić information content (AvgIpc) is 3.86. The van der Waals surface area contributed by atoms with Gasteiger partial charge in [0.2, 0.25) is 0 Å². The van der Waals surface area contributed by atoms with Gasteiger partial charge in [-0.05, 0) is 77.3 Å². The van der Waals surface area contributed by atoms with Gasteiger partial charge in [-0.3, -0.25) is 0 Å². The fourth-order valence-electron chi connectivity index (χ4n) is 8.55. The molecule has 0 saturated carbocycles. The summed E-state index contributed by atoms with van der Waals surface area (Å²) in [5.74, 6) is 2.06. The van der Waals surface area contributed by atoms with E-state index in [4.69, 9.17) is 9.72 Å². The van der Waals surface area contributed by atoms with E-state index in [1.807, 2.05) is 66.4 Å². The third kappa shape index (κ3) is 5.16. The molecule has 2 aliphatic rings. The van der Waals surface area contributed by atoms with Gasteiger partial charge in [0, 0.05) is 66.2 Å². The molecule has 9 aromatic rings. The molecule has 276 valence electrons. The largest absolute Gasteiger partial charge is 0.510 e. The molecule has 0 saturated heterocycles. The van der Waals surface area contributed by atoms with Crippen LogP contribution in [0.25, 0.3) is 77.4 Å². The molecule has 7 heteroatoms. The molecule has 6 nitrogen and oxygen atoms in total. The van der Waals surface area contributed by atoms with Crippen molar-refractivity contribution >= 4 is 49.3 Å². The smallest absolute Gasteiger partial charge is 0.135 e. The zero-order chi connectivity index (χ0) is 37.0. The molecule has 0 unspecified atom stereocenters. The Bertz CT molecular complexity index is 3070. The summed E-state index contributed by atoms with van der Waals surface area (Å²) in [5, 5.41) is 4.73. The van der Waals surface area contributed by atoms with Crippen LogP contribution in [0.15, 0.2) is 140 Å². The first kappa shape index (κ1) is 34.4. The van der Waals surface area contributed by atoms with Crippen molar-refractivity contribution in [1.29, 1.82) is 0 Å². The summed E-state index contributed by atoms with van der Waals surface area (Å²) in [4.78, 5) is 9.04. The van der Waals surface area contributed by atoms with Gasteiger partial charge in [0.05, 0.1) is 16.7 Å². The SMILES string of the molecule is CN1C=CN(c2[c-]c(Oc3[c-]c4c(cc3)c3c5c(ccc3n4-c3cc(C(C)(C)C)ccn3)-n3c4ccccc4c4cccc(c43)-c3ccccc3-5)ccc2)[CH-]1.[Pt]. The van der Waals surface area contributed by atoms with Gasteiger partial charge in [-0.25, -0.2) is 4.98 Å². The van der Waals surface area contributed by atoms with E-state index in [-0.39, 0.29) is 26.5 Å². The number of hydrogen-bond donors (Lipinski definition) is 0. The minimum Gasteiger partial charge on any atom is -0.510 e. The molecule has 3 aromatic heterocycles. The number of anilines is 1. The zero-order valence-electron chi connectivity index (χ0n) is 31.3. The van der Waals surface area contributed by atoms with Crippen molar-refractivity contribution in [2.75, 3.05) is 11.9 Å². The number of hydrogen-bond acceptors (Lipinski definition) is 4. The van der Waals surface area contributed by atoms with Gasteiger partial charge in [-0.2, -0.15) is 18.8 Å². The Morgan fingerprint density at radius 3 is 2.27 bits per heavy atom. The predicted molar refractivity (Wildman–Crippen MR) is 224 cm³/mol. The van der Waals surface area contributed by atoms with Crippen LogP contribution in [-0.2, 0) is 26.5 Å². The minimum atomic E-state index is -0.0608. The summed E-state index contributed by atoms with van der Waals surface area (Å²) in [7, 11) is 2.00. The van der Waals surface area contributed by atoms with Crippen LogP contribution in [0.5, 0.6) is 11.5 Å². The van der Waals surface area contributed by atoms with E-state index in [1.165, 1.54) is 49.6 Å². The molecule has 2 aliphatic heterocycles. The average molecular weight is 906 g/mol. The summed E-state index contributed by atoms with van der Waals surface area (Å²) >= 11 is 0. The van der Waals surface area contributed by atoms with E-state index in [2.05, 4.69) is 139 Å². The van der Waals surface area contributed by atoms with Gasteiger partial charge in [0.1, 0.15) is 5.82 Å². The number of pyridine rings is 1. The van der Waals surface area contributed by atoms with E-state index in [0.29, 0.717) is 11.5 Å². The van der Waals surface area contributed by atoms with Crippen LogP contribution in [0.3, 0.4) is 0 Å². The van der Waals surface area contributed by atoms with Crippen LogP contribution < -0.4 is 9.64 Å². The maximum absolute atomic E-state index is 6.56. The van der Waals surface area contributed by atoms with E-state index in [0.717, 1.165) is 39.0 Å². The first-order chi connectivity index (χ1) is 26.8. The number of benzene rings is 6. The quantitative estimate of drug-likeness (QED) is 0.165. The van der Waals surface area contributed by atoms with Gasteiger partial charge in [0.25, 0.3) is 0 Å². The summed E-state index contributed by atoms with van der Waals surface area (Å²) in [5.41, 5.74) is 12.4. The number of rotatable bonds is 4. The maximum atomic E-state index is 6.56. The van der Waals surface area contributed by atoms with Gasteiger partial charge in [-0.1, -0.05) is 87.0 Å². The topological polar surface area (TPSA) is 38.5 Å². The van der Waals surface area contributed by atoms with Crippen LogP contribution in [0.1, 0.15) is 26.3 Å². The van der Waals surface area contributed by atoms with E-state index >= 15 is 0 Å². The van der Waals surface area contributed by atoms with Gasteiger partial charge in [-0.15, -0.1) is 41.4 Å².